The number of hydrogen-bond donors (Lipinski definition) is 1. The number of benzene rings is 2. The summed E-state index contributed by atoms with van der Waals surface area (Å²) in [5.41, 5.74) is 5.68. The molecule has 0 atom stereocenters. The molecule has 2 aromatic carbocycles. The number of amides is 1. The number of morpholine rings is 1. The maximum atomic E-state index is 12.5. The van der Waals surface area contributed by atoms with Gasteiger partial charge in [-0.1, -0.05) is 47.5 Å². The van der Waals surface area contributed by atoms with Crippen LogP contribution in [0.15, 0.2) is 54.6 Å². The van der Waals surface area contributed by atoms with Crippen LogP contribution in [-0.2, 0) is 16.1 Å². The Bertz CT molecular complexity index is 1120. The van der Waals surface area contributed by atoms with Crippen molar-refractivity contribution in [3.05, 3.63) is 82.1 Å². The van der Waals surface area contributed by atoms with E-state index < -0.39 is 0 Å². The van der Waals surface area contributed by atoms with Crippen LogP contribution in [0.25, 0.3) is 6.08 Å². The Morgan fingerprint density at radius 1 is 1.16 bits per heavy atom. The molecule has 32 heavy (non-hydrogen) atoms. The van der Waals surface area contributed by atoms with Crippen LogP contribution in [0.5, 0.6) is 0 Å². The molecule has 1 aromatic heterocycles. The number of ether oxygens (including phenoxy) is 1. The summed E-state index contributed by atoms with van der Waals surface area (Å²) < 4.78 is 7.17. The quantitative estimate of drug-likeness (QED) is 0.553. The summed E-state index contributed by atoms with van der Waals surface area (Å²) in [6.07, 6.45) is 3.21. The number of anilines is 2. The molecule has 0 aliphatic carbocycles. The molecule has 1 N–H and O–H groups in total. The van der Waals surface area contributed by atoms with Gasteiger partial charge in [-0.3, -0.25) is 4.79 Å². The van der Waals surface area contributed by atoms with E-state index in [0.29, 0.717) is 11.7 Å². The summed E-state index contributed by atoms with van der Waals surface area (Å²) >= 11 is 6.56. The highest BCUT2D eigenvalue weighted by molar-refractivity contribution is 6.31. The van der Waals surface area contributed by atoms with Gasteiger partial charge < -0.3 is 15.0 Å². The van der Waals surface area contributed by atoms with Gasteiger partial charge in [0, 0.05) is 36.1 Å². The molecule has 1 aliphatic rings. The van der Waals surface area contributed by atoms with Gasteiger partial charge in [0.1, 0.15) is 5.15 Å². The zero-order valence-electron chi connectivity index (χ0n) is 18.3. The predicted octanol–water partition coefficient (Wildman–Crippen LogP) is 4.69. The van der Waals surface area contributed by atoms with Crippen LogP contribution in [0.2, 0.25) is 5.15 Å². The Morgan fingerprint density at radius 3 is 2.66 bits per heavy atom. The van der Waals surface area contributed by atoms with E-state index in [4.69, 9.17) is 16.3 Å². The van der Waals surface area contributed by atoms with Crippen LogP contribution in [0.4, 0.5) is 11.4 Å². The molecule has 0 unspecified atom stereocenters. The summed E-state index contributed by atoms with van der Waals surface area (Å²) in [6.45, 7) is 7.66. The number of nitrogens with zero attached hydrogens (tertiary/aromatic N) is 3. The van der Waals surface area contributed by atoms with Gasteiger partial charge in [0.05, 0.1) is 25.5 Å². The lowest BCUT2D eigenvalue weighted by Crippen LogP contribution is -2.36. The summed E-state index contributed by atoms with van der Waals surface area (Å²) in [5, 5.41) is 7.98. The van der Waals surface area contributed by atoms with E-state index in [1.54, 1.807) is 10.8 Å². The van der Waals surface area contributed by atoms with Crippen molar-refractivity contribution in [2.24, 2.45) is 0 Å². The van der Waals surface area contributed by atoms with Crippen molar-refractivity contribution < 1.29 is 9.53 Å². The number of aromatic nitrogens is 2. The average molecular weight is 451 g/mol. The molecule has 1 saturated heterocycles. The molecule has 166 valence electrons. The fourth-order valence-corrected chi connectivity index (χ4v) is 3.97. The van der Waals surface area contributed by atoms with Crippen molar-refractivity contribution in [1.82, 2.24) is 9.78 Å². The Morgan fingerprint density at radius 2 is 1.91 bits per heavy atom. The average Bonchev–Trinajstić information content (AvgIpc) is 3.07. The van der Waals surface area contributed by atoms with Gasteiger partial charge in [-0.05, 0) is 43.7 Å². The lowest BCUT2D eigenvalue weighted by atomic mass is 10.1. The number of carbonyl (C=O) groups is 1. The second-order valence-electron chi connectivity index (χ2n) is 7.91. The maximum absolute atomic E-state index is 12.5. The lowest BCUT2D eigenvalue weighted by molar-refractivity contribution is -0.111. The first kappa shape index (κ1) is 22.1. The topological polar surface area (TPSA) is 59.4 Å². The molecule has 0 spiro atoms. The molecular formula is C25H27ClN4O2. The third-order valence-corrected chi connectivity index (χ3v) is 5.85. The summed E-state index contributed by atoms with van der Waals surface area (Å²) in [5.74, 6) is -0.217. The molecule has 6 nitrogen and oxygen atoms in total. The number of nitrogens with one attached hydrogen (secondary N) is 1. The minimum atomic E-state index is -0.217. The van der Waals surface area contributed by atoms with Gasteiger partial charge in [0.25, 0.3) is 0 Å². The minimum absolute atomic E-state index is 0.217. The first-order chi connectivity index (χ1) is 15.5. The third kappa shape index (κ3) is 5.39. The lowest BCUT2D eigenvalue weighted by Gasteiger charge is -2.29. The summed E-state index contributed by atoms with van der Waals surface area (Å²) in [7, 11) is 0. The van der Waals surface area contributed by atoms with Gasteiger partial charge in [-0.2, -0.15) is 5.10 Å². The highest BCUT2D eigenvalue weighted by Crippen LogP contribution is 2.23. The van der Waals surface area contributed by atoms with Crippen molar-refractivity contribution in [2.45, 2.75) is 20.4 Å². The van der Waals surface area contributed by atoms with Crippen molar-refractivity contribution >= 4 is 35.0 Å². The minimum Gasteiger partial charge on any atom is -0.378 e. The van der Waals surface area contributed by atoms with E-state index in [-0.39, 0.29) is 5.91 Å². The van der Waals surface area contributed by atoms with Crippen LogP contribution in [-0.4, -0.2) is 42.0 Å². The van der Waals surface area contributed by atoms with Gasteiger partial charge >= 0.3 is 0 Å². The number of hydrogen-bond acceptors (Lipinski definition) is 4. The van der Waals surface area contributed by atoms with E-state index in [1.165, 1.54) is 11.6 Å². The summed E-state index contributed by atoms with van der Waals surface area (Å²) in [6, 6.07) is 16.1. The van der Waals surface area contributed by atoms with E-state index in [2.05, 4.69) is 46.5 Å². The molecular weight excluding hydrogens is 424 g/mol. The highest BCUT2D eigenvalue weighted by atomic mass is 35.5. The fraction of sp³-hybridized carbons (Fsp3) is 0.280. The van der Waals surface area contributed by atoms with Crippen LogP contribution < -0.4 is 10.2 Å². The van der Waals surface area contributed by atoms with Crippen molar-refractivity contribution in [1.29, 1.82) is 0 Å². The first-order valence-corrected chi connectivity index (χ1v) is 11.1. The normalized spacial score (nSPS) is 14.2. The van der Waals surface area contributed by atoms with Crippen molar-refractivity contribution in [3.63, 3.8) is 0 Å². The number of aryl methyl sites for hydroxylation is 2. The molecule has 4 rings (SSSR count). The largest absolute Gasteiger partial charge is 0.378 e. The Kier molecular flexibility index (Phi) is 6.93. The van der Waals surface area contributed by atoms with Gasteiger partial charge in [-0.25, -0.2) is 4.68 Å². The standard InChI is InChI=1S/C25H27ClN4O2/c1-18-6-8-20(9-7-18)17-30-25(26)23(19(2)28-30)10-11-24(31)27-21-4-3-5-22(16-21)29-12-14-32-15-13-29/h3-11,16H,12-15,17H2,1-2H3,(H,27,31)/b11-10+. The molecule has 0 radical (unpaired) electrons. The molecule has 7 heteroatoms. The van der Waals surface area contributed by atoms with E-state index in [1.807, 2.05) is 31.2 Å². The predicted molar refractivity (Wildman–Crippen MR) is 129 cm³/mol. The molecule has 0 bridgehead atoms. The van der Waals surface area contributed by atoms with Crippen molar-refractivity contribution in [2.75, 3.05) is 36.5 Å². The SMILES string of the molecule is Cc1ccc(Cn2nc(C)c(/C=C/C(=O)Nc3cccc(N4CCOCC4)c3)c2Cl)cc1. The molecule has 0 saturated carbocycles. The Balaban J connectivity index is 1.42. The first-order valence-electron chi connectivity index (χ1n) is 10.7. The number of rotatable bonds is 6. The molecule has 1 amide bonds. The fourth-order valence-electron chi connectivity index (χ4n) is 3.67. The monoisotopic (exact) mass is 450 g/mol. The smallest absolute Gasteiger partial charge is 0.248 e. The maximum Gasteiger partial charge on any atom is 0.248 e. The zero-order valence-corrected chi connectivity index (χ0v) is 19.1. The second-order valence-corrected chi connectivity index (χ2v) is 8.26. The number of halogens is 1. The van der Waals surface area contributed by atoms with Crippen LogP contribution in [0.1, 0.15) is 22.4 Å². The van der Waals surface area contributed by atoms with Gasteiger partial charge in [0.15, 0.2) is 0 Å². The molecule has 2 heterocycles. The van der Waals surface area contributed by atoms with Crippen LogP contribution >= 0.6 is 11.6 Å². The Labute approximate surface area is 193 Å². The molecule has 1 fully saturated rings. The third-order valence-electron chi connectivity index (χ3n) is 5.45. The van der Waals surface area contributed by atoms with E-state index in [0.717, 1.165) is 54.5 Å². The second kappa shape index (κ2) is 10.0. The van der Waals surface area contributed by atoms with Crippen LogP contribution in [0, 0.1) is 13.8 Å². The number of carbonyl (C=O) groups excluding carboxylic acids is 1. The van der Waals surface area contributed by atoms with Crippen molar-refractivity contribution in [3.8, 4) is 0 Å². The van der Waals surface area contributed by atoms with Crippen LogP contribution in [0.3, 0.4) is 0 Å². The molecule has 1 aliphatic heterocycles. The van der Waals surface area contributed by atoms with Gasteiger partial charge in [0.2, 0.25) is 5.91 Å². The zero-order chi connectivity index (χ0) is 22.5. The van der Waals surface area contributed by atoms with Gasteiger partial charge in [-0.15, -0.1) is 0 Å². The molecule has 3 aromatic rings. The van der Waals surface area contributed by atoms with E-state index >= 15 is 0 Å². The highest BCUT2D eigenvalue weighted by Gasteiger charge is 2.13. The Hall–Kier alpha value is -3.09. The van der Waals surface area contributed by atoms with E-state index in [9.17, 15) is 4.79 Å². The summed E-state index contributed by atoms with van der Waals surface area (Å²) in [4.78, 5) is 14.8.